The summed E-state index contributed by atoms with van der Waals surface area (Å²) in [4.78, 5) is 13.1. The fourth-order valence-corrected chi connectivity index (χ4v) is 2.98. The van der Waals surface area contributed by atoms with E-state index in [2.05, 4.69) is 15.0 Å². The summed E-state index contributed by atoms with van der Waals surface area (Å²) in [5.41, 5.74) is 4.42. The van der Waals surface area contributed by atoms with Crippen molar-refractivity contribution in [2.75, 3.05) is 7.11 Å². The van der Waals surface area contributed by atoms with Gasteiger partial charge in [-0.15, -0.1) is 0 Å². The van der Waals surface area contributed by atoms with E-state index in [4.69, 9.17) is 4.74 Å². The van der Waals surface area contributed by atoms with Crippen molar-refractivity contribution in [1.82, 2.24) is 9.97 Å². The molecule has 118 valence electrons. The lowest BCUT2D eigenvalue weighted by Gasteiger charge is -2.14. The van der Waals surface area contributed by atoms with E-state index in [1.807, 2.05) is 24.3 Å². The Morgan fingerprint density at radius 2 is 1.88 bits per heavy atom. The Morgan fingerprint density at radius 1 is 1.04 bits per heavy atom. The molecule has 0 aliphatic carbocycles. The highest BCUT2D eigenvalue weighted by Gasteiger charge is 2.23. The van der Waals surface area contributed by atoms with Crippen LogP contribution >= 0.6 is 0 Å². The van der Waals surface area contributed by atoms with Crippen LogP contribution in [0.1, 0.15) is 16.7 Å². The second-order valence-electron chi connectivity index (χ2n) is 5.42. The highest BCUT2D eigenvalue weighted by atomic mass is 19.1. The van der Waals surface area contributed by atoms with Crippen LogP contribution in [0.5, 0.6) is 5.75 Å². The van der Waals surface area contributed by atoms with Gasteiger partial charge in [-0.3, -0.25) is 4.99 Å². The summed E-state index contributed by atoms with van der Waals surface area (Å²) in [6, 6.07) is 12.5. The van der Waals surface area contributed by atoms with Crippen LogP contribution in [0.4, 0.5) is 4.39 Å². The smallest absolute Gasteiger partial charge is 0.136 e. The number of hydrogen-bond acceptors (Lipinski definition) is 4. The number of fused-ring (bicyclic) bond motifs is 3. The van der Waals surface area contributed by atoms with E-state index >= 15 is 0 Å². The molecular formula is C19H14FN3O. The first kappa shape index (κ1) is 14.5. The van der Waals surface area contributed by atoms with Crippen molar-refractivity contribution in [1.29, 1.82) is 0 Å². The lowest BCUT2D eigenvalue weighted by molar-refractivity contribution is 0.410. The third-order valence-electron chi connectivity index (χ3n) is 4.06. The van der Waals surface area contributed by atoms with E-state index in [1.54, 1.807) is 18.3 Å². The van der Waals surface area contributed by atoms with Gasteiger partial charge in [0.25, 0.3) is 0 Å². The van der Waals surface area contributed by atoms with Crippen LogP contribution < -0.4 is 4.74 Å². The molecule has 2 heterocycles. The maximum Gasteiger partial charge on any atom is 0.136 e. The predicted molar refractivity (Wildman–Crippen MR) is 89.8 cm³/mol. The summed E-state index contributed by atoms with van der Waals surface area (Å²) >= 11 is 0. The first-order chi connectivity index (χ1) is 11.8. The van der Waals surface area contributed by atoms with Gasteiger partial charge in [-0.25, -0.2) is 14.4 Å². The van der Waals surface area contributed by atoms with Gasteiger partial charge in [-0.05, 0) is 12.1 Å². The zero-order valence-electron chi connectivity index (χ0n) is 13.0. The summed E-state index contributed by atoms with van der Waals surface area (Å²) in [5.74, 6) is 0.0977. The number of aliphatic imine (C=N–C) groups is 1. The van der Waals surface area contributed by atoms with E-state index < -0.39 is 0 Å². The lowest BCUT2D eigenvalue weighted by atomic mass is 9.94. The Bertz CT molecular complexity index is 953. The Labute approximate surface area is 138 Å². The summed E-state index contributed by atoms with van der Waals surface area (Å²) in [5, 5.41) is 0. The van der Waals surface area contributed by atoms with Gasteiger partial charge in [0.15, 0.2) is 0 Å². The number of aromatic nitrogens is 2. The molecule has 0 fully saturated rings. The molecule has 0 saturated heterocycles. The molecule has 3 aromatic rings. The molecule has 1 aliphatic heterocycles. The van der Waals surface area contributed by atoms with Crippen molar-refractivity contribution in [3.8, 4) is 17.0 Å². The number of methoxy groups -OCH3 is 1. The van der Waals surface area contributed by atoms with Crippen LogP contribution in [0, 0.1) is 5.82 Å². The molecule has 5 heteroatoms. The molecule has 1 aliphatic rings. The largest absolute Gasteiger partial charge is 0.496 e. The van der Waals surface area contributed by atoms with Crippen molar-refractivity contribution in [2.24, 2.45) is 4.99 Å². The van der Waals surface area contributed by atoms with Gasteiger partial charge >= 0.3 is 0 Å². The van der Waals surface area contributed by atoms with E-state index in [1.165, 1.54) is 19.5 Å². The Balaban J connectivity index is 2.01. The highest BCUT2D eigenvalue weighted by molar-refractivity contribution is 6.18. The third-order valence-corrected chi connectivity index (χ3v) is 4.06. The van der Waals surface area contributed by atoms with Gasteiger partial charge in [0.1, 0.15) is 17.9 Å². The number of rotatable bonds is 2. The first-order valence-corrected chi connectivity index (χ1v) is 7.55. The van der Waals surface area contributed by atoms with Gasteiger partial charge in [-0.2, -0.15) is 0 Å². The minimum absolute atomic E-state index is 0.361. The van der Waals surface area contributed by atoms with E-state index in [9.17, 15) is 4.39 Å². The molecule has 1 aromatic heterocycles. The summed E-state index contributed by atoms with van der Waals surface area (Å²) in [6.45, 7) is 0.387. The predicted octanol–water partition coefficient (Wildman–Crippen LogP) is 3.64. The molecule has 0 atom stereocenters. The Hall–Kier alpha value is -3.08. The molecule has 2 aromatic carbocycles. The number of nitrogens with zero attached hydrogens (tertiary/aromatic N) is 3. The fraction of sp³-hybridized carbons (Fsp3) is 0.105. The zero-order valence-corrected chi connectivity index (χ0v) is 13.0. The summed E-state index contributed by atoms with van der Waals surface area (Å²) in [6.07, 6.45) is 3.27. The van der Waals surface area contributed by atoms with E-state index in [-0.39, 0.29) is 5.82 Å². The third kappa shape index (κ3) is 2.25. The van der Waals surface area contributed by atoms with E-state index in [0.29, 0.717) is 23.6 Å². The minimum atomic E-state index is -0.361. The van der Waals surface area contributed by atoms with Crippen LogP contribution in [-0.2, 0) is 6.54 Å². The summed E-state index contributed by atoms with van der Waals surface area (Å²) < 4.78 is 20.0. The maximum atomic E-state index is 14.6. The molecule has 0 saturated carbocycles. The lowest BCUT2D eigenvalue weighted by Crippen LogP contribution is -2.09. The van der Waals surface area contributed by atoms with Gasteiger partial charge in [-0.1, -0.05) is 30.3 Å². The number of benzene rings is 2. The second-order valence-corrected chi connectivity index (χ2v) is 5.42. The fourth-order valence-electron chi connectivity index (χ4n) is 2.98. The number of hydrogen-bond donors (Lipinski definition) is 0. The average molecular weight is 319 g/mol. The molecule has 0 amide bonds. The van der Waals surface area contributed by atoms with Gasteiger partial charge in [0.05, 0.1) is 30.6 Å². The van der Waals surface area contributed by atoms with Crippen molar-refractivity contribution < 1.29 is 9.13 Å². The van der Waals surface area contributed by atoms with Crippen LogP contribution in [-0.4, -0.2) is 22.8 Å². The zero-order chi connectivity index (χ0) is 16.5. The number of halogens is 1. The average Bonchev–Trinajstić information content (AvgIpc) is 2.79. The molecule has 4 nitrogen and oxygen atoms in total. The molecule has 0 radical (unpaired) electrons. The highest BCUT2D eigenvalue weighted by Crippen LogP contribution is 2.33. The molecular weight excluding hydrogens is 305 g/mol. The standard InChI is InChI=1S/C19H14FN3O/c1-24-16-8-4-7-15(20)17(16)19-14-6-3-2-5-13(14)18-12(10-22-19)9-21-11-23-18/h2-9,11H,10H2,1H3. The monoisotopic (exact) mass is 319 g/mol. The SMILES string of the molecule is COc1cccc(F)c1C1=NCc2cncnc2-c2ccccc21. The minimum Gasteiger partial charge on any atom is -0.496 e. The molecule has 0 spiro atoms. The van der Waals surface area contributed by atoms with Crippen molar-refractivity contribution in [3.63, 3.8) is 0 Å². The molecule has 0 N–H and O–H groups in total. The van der Waals surface area contributed by atoms with Gasteiger partial charge in [0, 0.05) is 22.9 Å². The maximum absolute atomic E-state index is 14.6. The Kier molecular flexibility index (Phi) is 3.54. The quantitative estimate of drug-likeness (QED) is 0.724. The van der Waals surface area contributed by atoms with E-state index in [0.717, 1.165) is 22.4 Å². The first-order valence-electron chi connectivity index (χ1n) is 7.55. The van der Waals surface area contributed by atoms with Gasteiger partial charge in [0.2, 0.25) is 0 Å². The number of ether oxygens (including phenoxy) is 1. The van der Waals surface area contributed by atoms with Gasteiger partial charge < -0.3 is 4.74 Å². The molecule has 4 rings (SSSR count). The topological polar surface area (TPSA) is 47.4 Å². The van der Waals surface area contributed by atoms with Crippen LogP contribution in [0.15, 0.2) is 60.0 Å². The summed E-state index contributed by atoms with van der Waals surface area (Å²) in [7, 11) is 1.53. The van der Waals surface area contributed by atoms with Crippen LogP contribution in [0.3, 0.4) is 0 Å². The van der Waals surface area contributed by atoms with Crippen molar-refractivity contribution in [3.05, 3.63) is 77.5 Å². The molecule has 0 unspecified atom stereocenters. The normalized spacial score (nSPS) is 12.7. The second kappa shape index (κ2) is 5.85. The molecule has 24 heavy (non-hydrogen) atoms. The van der Waals surface area contributed by atoms with Crippen LogP contribution in [0.25, 0.3) is 11.3 Å². The molecule has 0 bridgehead atoms. The van der Waals surface area contributed by atoms with Crippen molar-refractivity contribution >= 4 is 5.71 Å². The Morgan fingerprint density at radius 3 is 2.71 bits per heavy atom. The van der Waals surface area contributed by atoms with Crippen LogP contribution in [0.2, 0.25) is 0 Å². The van der Waals surface area contributed by atoms with Crippen molar-refractivity contribution in [2.45, 2.75) is 6.54 Å².